The summed E-state index contributed by atoms with van der Waals surface area (Å²) in [6.45, 7) is 10.1. The summed E-state index contributed by atoms with van der Waals surface area (Å²) in [5, 5.41) is 1.67. The van der Waals surface area contributed by atoms with Crippen LogP contribution < -0.4 is 9.75 Å². The minimum Gasteiger partial charge on any atom is -0.494 e. The Hall–Kier alpha value is -3.45. The number of hydrogen-bond acceptors (Lipinski definition) is 7. The van der Waals surface area contributed by atoms with Crippen molar-refractivity contribution in [1.82, 2.24) is 19.8 Å². The second kappa shape index (κ2) is 9.78. The van der Waals surface area contributed by atoms with Crippen LogP contribution in [-0.2, 0) is 15.7 Å². The van der Waals surface area contributed by atoms with Crippen LogP contribution >= 0.6 is 0 Å². The predicted molar refractivity (Wildman–Crippen MR) is 125 cm³/mol. The van der Waals surface area contributed by atoms with E-state index >= 15 is 0 Å². The molecular formula is C23H32F3N5O6. The monoisotopic (exact) mass is 531 g/mol. The van der Waals surface area contributed by atoms with E-state index in [2.05, 4.69) is 4.98 Å². The Labute approximate surface area is 213 Å². The van der Waals surface area contributed by atoms with Crippen molar-refractivity contribution in [3.05, 3.63) is 17.8 Å². The second-order valence-corrected chi connectivity index (χ2v) is 10.6. The van der Waals surface area contributed by atoms with Crippen molar-refractivity contribution in [2.75, 3.05) is 38.3 Å². The number of aromatic nitrogens is 1. The average molecular weight is 532 g/mol. The lowest BCUT2D eigenvalue weighted by molar-refractivity contribution is -0.142. The minimum atomic E-state index is -4.88. The van der Waals surface area contributed by atoms with Crippen molar-refractivity contribution in [1.29, 1.82) is 0 Å². The largest absolute Gasteiger partial charge is 0.494 e. The lowest BCUT2D eigenvalue weighted by atomic mass is 10.1. The Morgan fingerprint density at radius 1 is 0.946 bits per heavy atom. The Bertz CT molecular complexity index is 1050. The van der Waals surface area contributed by atoms with Crippen LogP contribution in [0.25, 0.3) is 0 Å². The molecule has 1 aromatic heterocycles. The molecule has 0 N–H and O–H groups in total. The number of piperazine rings is 1. The third kappa shape index (κ3) is 6.46. The van der Waals surface area contributed by atoms with Gasteiger partial charge in [0.25, 0.3) is 0 Å². The number of nitrogens with zero attached hydrogens (tertiary/aromatic N) is 5. The van der Waals surface area contributed by atoms with Crippen LogP contribution in [0.2, 0.25) is 0 Å². The lowest BCUT2D eigenvalue weighted by Crippen LogP contribution is -2.71. The number of methoxy groups -OCH3 is 1. The molecule has 0 saturated carbocycles. The fourth-order valence-electron chi connectivity index (χ4n) is 3.88. The number of hydrogen-bond donors (Lipinski definition) is 0. The molecule has 1 aromatic rings. The standard InChI is InChI=1S/C23H32F3N5O6/c1-21(2,3)36-19(33)28-10-11-29-14(12-28)13-30(20(34)37-22(4,5)6)31(18(29)32)16-9-8-15(35-7)17(27-16)23(24,25)26/h8-9,14H,10-13H2,1-7H3. The number of halogens is 3. The molecule has 1 atom stereocenters. The molecule has 0 aliphatic carbocycles. The van der Waals surface area contributed by atoms with Crippen molar-refractivity contribution in [2.45, 2.75) is 65.0 Å². The van der Waals surface area contributed by atoms with Gasteiger partial charge in [-0.1, -0.05) is 0 Å². The van der Waals surface area contributed by atoms with Gasteiger partial charge in [-0.15, -0.1) is 0 Å². The molecule has 0 radical (unpaired) electrons. The fourth-order valence-corrected chi connectivity index (χ4v) is 3.88. The number of alkyl halides is 3. The molecule has 11 nitrogen and oxygen atoms in total. The van der Waals surface area contributed by atoms with Crippen LogP contribution in [0.3, 0.4) is 0 Å². The van der Waals surface area contributed by atoms with Gasteiger partial charge in [0.1, 0.15) is 17.0 Å². The molecular weight excluding hydrogens is 499 g/mol. The summed E-state index contributed by atoms with van der Waals surface area (Å²) < 4.78 is 56.6. The number of ether oxygens (including phenoxy) is 3. The summed E-state index contributed by atoms with van der Waals surface area (Å²) in [7, 11) is 1.07. The van der Waals surface area contributed by atoms with E-state index in [1.54, 1.807) is 41.5 Å². The van der Waals surface area contributed by atoms with Crippen molar-refractivity contribution in [2.24, 2.45) is 0 Å². The SMILES string of the molecule is COc1ccc(N2C(=O)N3CCN(C(=O)OC(C)(C)C)CC3CN2C(=O)OC(C)(C)C)nc1C(F)(F)F. The first-order chi connectivity index (χ1) is 16.9. The van der Waals surface area contributed by atoms with Gasteiger partial charge in [-0.25, -0.2) is 24.4 Å². The molecule has 2 fully saturated rings. The highest BCUT2D eigenvalue weighted by atomic mass is 19.4. The summed E-state index contributed by atoms with van der Waals surface area (Å²) in [6.07, 6.45) is -6.41. The van der Waals surface area contributed by atoms with Crippen LogP contribution in [0.5, 0.6) is 5.75 Å². The number of hydrazine groups is 1. The van der Waals surface area contributed by atoms with Gasteiger partial charge in [0, 0.05) is 19.6 Å². The van der Waals surface area contributed by atoms with Gasteiger partial charge in [0.2, 0.25) is 0 Å². The molecule has 4 amide bonds. The zero-order valence-electron chi connectivity index (χ0n) is 21.9. The van der Waals surface area contributed by atoms with E-state index in [0.717, 1.165) is 29.3 Å². The van der Waals surface area contributed by atoms with E-state index in [-0.39, 0.29) is 26.2 Å². The maximum absolute atomic E-state index is 13.7. The lowest BCUT2D eigenvalue weighted by Gasteiger charge is -2.50. The molecule has 0 bridgehead atoms. The molecule has 1 unspecified atom stereocenters. The van der Waals surface area contributed by atoms with Crippen LogP contribution in [0, 0.1) is 0 Å². The number of urea groups is 1. The number of carbonyl (C=O) groups excluding carboxylic acids is 3. The highest BCUT2D eigenvalue weighted by Crippen LogP contribution is 2.37. The first-order valence-electron chi connectivity index (χ1n) is 11.6. The van der Waals surface area contributed by atoms with Gasteiger partial charge in [0.15, 0.2) is 11.5 Å². The predicted octanol–water partition coefficient (Wildman–Crippen LogP) is 4.12. The van der Waals surface area contributed by atoms with E-state index in [1.165, 1.54) is 9.80 Å². The third-order valence-corrected chi connectivity index (χ3v) is 5.34. The Kier molecular flexibility index (Phi) is 7.44. The smallest absolute Gasteiger partial charge is 0.437 e. The molecule has 2 saturated heterocycles. The summed E-state index contributed by atoms with van der Waals surface area (Å²) in [5.41, 5.74) is -3.03. The zero-order valence-corrected chi connectivity index (χ0v) is 21.9. The fraction of sp³-hybridized carbons (Fsp3) is 0.652. The summed E-state index contributed by atoms with van der Waals surface area (Å²) in [6, 6.07) is 0.744. The van der Waals surface area contributed by atoms with Crippen molar-refractivity contribution in [3.63, 3.8) is 0 Å². The van der Waals surface area contributed by atoms with E-state index in [4.69, 9.17) is 14.2 Å². The van der Waals surface area contributed by atoms with Gasteiger partial charge >= 0.3 is 24.4 Å². The average Bonchev–Trinajstić information content (AvgIpc) is 2.75. The molecule has 206 valence electrons. The normalized spacial score (nSPS) is 19.0. The number of carbonyl (C=O) groups is 3. The zero-order chi connectivity index (χ0) is 27.9. The number of pyridine rings is 1. The molecule has 0 aromatic carbocycles. The van der Waals surface area contributed by atoms with Crippen molar-refractivity contribution in [3.8, 4) is 5.75 Å². The molecule has 14 heteroatoms. The maximum Gasteiger partial charge on any atom is 0.437 e. The van der Waals surface area contributed by atoms with Crippen molar-refractivity contribution >= 4 is 24.0 Å². The Morgan fingerprint density at radius 2 is 1.54 bits per heavy atom. The van der Waals surface area contributed by atoms with Crippen LogP contribution in [0.15, 0.2) is 12.1 Å². The third-order valence-electron chi connectivity index (χ3n) is 5.34. The second-order valence-electron chi connectivity index (χ2n) is 10.6. The Morgan fingerprint density at radius 3 is 2.08 bits per heavy atom. The number of fused-ring (bicyclic) bond motifs is 1. The summed E-state index contributed by atoms with van der Waals surface area (Å²) >= 11 is 0. The van der Waals surface area contributed by atoms with Crippen LogP contribution in [0.1, 0.15) is 47.2 Å². The quantitative estimate of drug-likeness (QED) is 0.565. The van der Waals surface area contributed by atoms with Gasteiger partial charge in [0.05, 0.1) is 19.7 Å². The van der Waals surface area contributed by atoms with Gasteiger partial charge in [-0.2, -0.15) is 18.2 Å². The highest BCUT2D eigenvalue weighted by Gasteiger charge is 2.47. The maximum atomic E-state index is 13.7. The molecule has 0 spiro atoms. The molecule has 2 aliphatic heterocycles. The molecule has 3 rings (SSSR count). The molecule has 2 aliphatic rings. The number of anilines is 1. The van der Waals surface area contributed by atoms with Crippen LogP contribution in [-0.4, -0.2) is 88.5 Å². The Balaban J connectivity index is 1.98. The van der Waals surface area contributed by atoms with E-state index in [1.807, 2.05) is 0 Å². The number of amides is 4. The van der Waals surface area contributed by atoms with Crippen molar-refractivity contribution < 1.29 is 41.8 Å². The highest BCUT2D eigenvalue weighted by molar-refractivity contribution is 5.95. The van der Waals surface area contributed by atoms with Gasteiger partial charge in [-0.3, -0.25) is 0 Å². The van der Waals surface area contributed by atoms with E-state index < -0.39 is 58.9 Å². The minimum absolute atomic E-state index is 0.0532. The van der Waals surface area contributed by atoms with Gasteiger partial charge < -0.3 is 24.0 Å². The van der Waals surface area contributed by atoms with E-state index in [0.29, 0.717) is 0 Å². The molecule has 37 heavy (non-hydrogen) atoms. The van der Waals surface area contributed by atoms with E-state index in [9.17, 15) is 27.6 Å². The summed E-state index contributed by atoms with van der Waals surface area (Å²) in [4.78, 5) is 45.8. The number of rotatable bonds is 2. The summed E-state index contributed by atoms with van der Waals surface area (Å²) in [5.74, 6) is -0.967. The first kappa shape index (κ1) is 28.1. The van der Waals surface area contributed by atoms with Gasteiger partial charge in [-0.05, 0) is 53.7 Å². The first-order valence-corrected chi connectivity index (χ1v) is 11.6. The topological polar surface area (TPSA) is 105 Å². The molecule has 3 heterocycles. The van der Waals surface area contributed by atoms with Crippen LogP contribution in [0.4, 0.5) is 33.4 Å².